The van der Waals surface area contributed by atoms with Gasteiger partial charge in [0.15, 0.2) is 0 Å². The lowest BCUT2D eigenvalue weighted by Gasteiger charge is -2.16. The van der Waals surface area contributed by atoms with Gasteiger partial charge in [-0.2, -0.15) is 13.2 Å². The Bertz CT molecular complexity index is 298. The van der Waals surface area contributed by atoms with Crippen molar-refractivity contribution in [2.45, 2.75) is 19.3 Å². The minimum absolute atomic E-state index is 0.396. The van der Waals surface area contributed by atoms with Gasteiger partial charge in [0.2, 0.25) is 8.32 Å². The summed E-state index contributed by atoms with van der Waals surface area (Å²) in [5.74, 6) is 0. The van der Waals surface area contributed by atoms with Gasteiger partial charge in [0, 0.05) is 0 Å². The van der Waals surface area contributed by atoms with E-state index in [1.54, 1.807) is 13.1 Å². The summed E-state index contributed by atoms with van der Waals surface area (Å²) in [5, 5.41) is 0.396. The Labute approximate surface area is 81.3 Å². The summed E-state index contributed by atoms with van der Waals surface area (Å²) in [6, 6.07) is 4.88. The summed E-state index contributed by atoms with van der Waals surface area (Å²) in [7, 11) is -2.64. The molecule has 1 nitrogen and oxygen atoms in total. The van der Waals surface area contributed by atoms with Gasteiger partial charge in [-0.1, -0.05) is 18.2 Å². The van der Waals surface area contributed by atoms with E-state index in [1.807, 2.05) is 0 Å². The van der Waals surface area contributed by atoms with E-state index in [4.69, 9.17) is 0 Å². The van der Waals surface area contributed by atoms with Crippen LogP contribution in [0.2, 0.25) is 13.1 Å². The molecule has 14 heavy (non-hydrogen) atoms. The van der Waals surface area contributed by atoms with E-state index in [9.17, 15) is 18.0 Å². The molecule has 0 bridgehead atoms. The smallest absolute Gasteiger partial charge is 0.416 e. The third-order valence-corrected chi connectivity index (χ3v) is 3.62. The summed E-state index contributed by atoms with van der Waals surface area (Å²) < 4.78 is 36.9. The van der Waals surface area contributed by atoms with Gasteiger partial charge in [-0.3, -0.25) is 0 Å². The standard InChI is InChI=1S/C9H11F3OSi/c1-14(2,13)8-5-3-4-7(6-8)9(10,11)12/h3-6,13H,1-2H3. The molecule has 5 heteroatoms. The Morgan fingerprint density at radius 3 is 2.21 bits per heavy atom. The van der Waals surface area contributed by atoms with Gasteiger partial charge in [-0.25, -0.2) is 0 Å². The molecule has 0 unspecified atom stereocenters. The van der Waals surface area contributed by atoms with Crippen LogP contribution in [0, 0.1) is 0 Å². The molecule has 0 aliphatic rings. The normalized spacial score (nSPS) is 13.0. The third kappa shape index (κ3) is 2.59. The molecule has 0 aromatic heterocycles. The predicted octanol–water partition coefficient (Wildman–Crippen LogP) is 2.11. The molecule has 0 aliphatic carbocycles. The third-order valence-electron chi connectivity index (χ3n) is 1.90. The average molecular weight is 220 g/mol. The molecule has 1 aromatic rings. The van der Waals surface area contributed by atoms with Crippen LogP contribution < -0.4 is 5.19 Å². The Kier molecular flexibility index (Phi) is 2.73. The average Bonchev–Trinajstić information content (AvgIpc) is 2.01. The highest BCUT2D eigenvalue weighted by molar-refractivity contribution is 6.83. The molecule has 78 valence electrons. The molecular weight excluding hydrogens is 209 g/mol. The Morgan fingerprint density at radius 2 is 1.79 bits per heavy atom. The molecule has 0 atom stereocenters. The van der Waals surface area contributed by atoms with Crippen molar-refractivity contribution in [2.24, 2.45) is 0 Å². The molecule has 0 heterocycles. The number of rotatable bonds is 1. The number of alkyl halides is 3. The lowest BCUT2D eigenvalue weighted by atomic mass is 10.2. The molecule has 0 spiro atoms. The van der Waals surface area contributed by atoms with Crippen molar-refractivity contribution in [3.05, 3.63) is 29.8 Å². The molecule has 1 aromatic carbocycles. The van der Waals surface area contributed by atoms with Crippen LogP contribution in [-0.4, -0.2) is 13.1 Å². The van der Waals surface area contributed by atoms with Crippen LogP contribution in [0.4, 0.5) is 13.2 Å². The van der Waals surface area contributed by atoms with Crippen LogP contribution in [0.3, 0.4) is 0 Å². The van der Waals surface area contributed by atoms with Crippen LogP contribution in [0.1, 0.15) is 5.56 Å². The molecule has 0 aliphatic heterocycles. The summed E-state index contributed by atoms with van der Waals surface area (Å²) in [6.07, 6.45) is -4.34. The van der Waals surface area contributed by atoms with Crippen LogP contribution >= 0.6 is 0 Å². The van der Waals surface area contributed by atoms with Crippen molar-refractivity contribution < 1.29 is 18.0 Å². The maximum Gasteiger partial charge on any atom is 0.416 e. The molecule has 1 N–H and O–H groups in total. The van der Waals surface area contributed by atoms with Gasteiger partial charge < -0.3 is 4.80 Å². The second-order valence-corrected chi connectivity index (χ2v) is 7.33. The van der Waals surface area contributed by atoms with Crippen LogP contribution in [0.25, 0.3) is 0 Å². The van der Waals surface area contributed by atoms with Crippen molar-refractivity contribution >= 4 is 13.5 Å². The molecule has 0 fully saturated rings. The molecule has 0 saturated heterocycles. The molecule has 0 radical (unpaired) electrons. The lowest BCUT2D eigenvalue weighted by Crippen LogP contribution is -2.41. The van der Waals surface area contributed by atoms with Crippen LogP contribution in [0.5, 0.6) is 0 Å². The Hall–Kier alpha value is -0.813. The highest BCUT2D eigenvalue weighted by Crippen LogP contribution is 2.28. The zero-order valence-corrected chi connectivity index (χ0v) is 8.89. The molecule has 1 rings (SSSR count). The molecular formula is C9H11F3OSi. The lowest BCUT2D eigenvalue weighted by molar-refractivity contribution is -0.137. The van der Waals surface area contributed by atoms with Crippen molar-refractivity contribution in [3.8, 4) is 0 Å². The van der Waals surface area contributed by atoms with E-state index < -0.39 is 20.1 Å². The molecule has 0 amide bonds. The Balaban J connectivity index is 3.15. The second kappa shape index (κ2) is 3.40. The van der Waals surface area contributed by atoms with Gasteiger partial charge in [0.05, 0.1) is 5.56 Å². The zero-order chi connectivity index (χ0) is 11.0. The summed E-state index contributed by atoms with van der Waals surface area (Å²) >= 11 is 0. The maximum absolute atomic E-state index is 12.3. The van der Waals surface area contributed by atoms with Gasteiger partial charge >= 0.3 is 6.18 Å². The maximum atomic E-state index is 12.3. The Morgan fingerprint density at radius 1 is 1.21 bits per heavy atom. The first-order valence-electron chi connectivity index (χ1n) is 4.11. The topological polar surface area (TPSA) is 20.2 Å². The van der Waals surface area contributed by atoms with E-state index in [0.717, 1.165) is 12.1 Å². The van der Waals surface area contributed by atoms with E-state index in [0.29, 0.717) is 5.19 Å². The predicted molar refractivity (Wildman–Crippen MR) is 50.8 cm³/mol. The minimum Gasteiger partial charge on any atom is -0.428 e. The summed E-state index contributed by atoms with van der Waals surface area (Å²) in [4.78, 5) is 9.65. The second-order valence-electron chi connectivity index (χ2n) is 3.64. The van der Waals surface area contributed by atoms with Gasteiger partial charge in [0.1, 0.15) is 0 Å². The fraction of sp³-hybridized carbons (Fsp3) is 0.333. The summed E-state index contributed by atoms with van der Waals surface area (Å²) in [6.45, 7) is 3.17. The van der Waals surface area contributed by atoms with Crippen molar-refractivity contribution in [3.63, 3.8) is 0 Å². The first-order valence-corrected chi connectivity index (χ1v) is 7.06. The highest BCUT2D eigenvalue weighted by Gasteiger charge is 2.32. The first-order chi connectivity index (χ1) is 6.21. The highest BCUT2D eigenvalue weighted by atomic mass is 28.4. The number of benzene rings is 1. The summed E-state index contributed by atoms with van der Waals surface area (Å²) in [5.41, 5.74) is -0.704. The number of hydrogen-bond acceptors (Lipinski definition) is 1. The zero-order valence-electron chi connectivity index (χ0n) is 7.89. The first kappa shape index (κ1) is 11.3. The van der Waals surface area contributed by atoms with E-state index >= 15 is 0 Å². The van der Waals surface area contributed by atoms with Crippen molar-refractivity contribution in [1.29, 1.82) is 0 Å². The monoisotopic (exact) mass is 220 g/mol. The minimum atomic E-state index is -4.34. The quantitative estimate of drug-likeness (QED) is 0.719. The number of halogens is 3. The van der Waals surface area contributed by atoms with Crippen LogP contribution in [0.15, 0.2) is 24.3 Å². The fourth-order valence-corrected chi connectivity index (χ4v) is 2.09. The fourth-order valence-electron chi connectivity index (χ4n) is 1.08. The van der Waals surface area contributed by atoms with Gasteiger partial charge in [-0.05, 0) is 24.3 Å². The SMILES string of the molecule is C[Si](C)(O)c1cccc(C(F)(F)F)c1. The van der Waals surface area contributed by atoms with Crippen molar-refractivity contribution in [2.75, 3.05) is 0 Å². The largest absolute Gasteiger partial charge is 0.428 e. The van der Waals surface area contributed by atoms with Crippen molar-refractivity contribution in [1.82, 2.24) is 0 Å². The van der Waals surface area contributed by atoms with E-state index in [1.165, 1.54) is 12.1 Å². The van der Waals surface area contributed by atoms with E-state index in [2.05, 4.69) is 0 Å². The van der Waals surface area contributed by atoms with E-state index in [-0.39, 0.29) is 0 Å². The van der Waals surface area contributed by atoms with Gasteiger partial charge in [0.25, 0.3) is 0 Å². The van der Waals surface area contributed by atoms with Crippen LogP contribution in [-0.2, 0) is 6.18 Å². The number of hydrogen-bond donors (Lipinski definition) is 1. The van der Waals surface area contributed by atoms with Gasteiger partial charge in [-0.15, -0.1) is 0 Å². The molecule has 0 saturated carbocycles.